The van der Waals surface area contributed by atoms with Crippen LogP contribution >= 0.6 is 28.1 Å². The van der Waals surface area contributed by atoms with Crippen LogP contribution in [0.25, 0.3) is 0 Å². The molecule has 0 aliphatic carbocycles. The van der Waals surface area contributed by atoms with Crippen molar-refractivity contribution < 1.29 is 4.74 Å². The van der Waals surface area contributed by atoms with Crippen molar-refractivity contribution in [3.05, 3.63) is 58.1 Å². The summed E-state index contributed by atoms with van der Waals surface area (Å²) in [6, 6.07) is 13.4. The molecule has 92 valence electrons. The molecule has 0 aliphatic rings. The first kappa shape index (κ1) is 13.1. The van der Waals surface area contributed by atoms with E-state index in [-0.39, 0.29) is 0 Å². The van der Waals surface area contributed by atoms with Crippen molar-refractivity contribution in [2.75, 3.05) is 0 Å². The van der Waals surface area contributed by atoms with E-state index in [0.717, 1.165) is 27.1 Å². The molecule has 0 aliphatic heterocycles. The molecule has 2 nitrogen and oxygen atoms in total. The Morgan fingerprint density at radius 1 is 1.17 bits per heavy atom. The highest BCUT2D eigenvalue weighted by Crippen LogP contribution is 2.26. The summed E-state index contributed by atoms with van der Waals surface area (Å²) in [4.78, 5) is 0.404. The molecule has 0 fully saturated rings. The van der Waals surface area contributed by atoms with Crippen molar-refractivity contribution in [2.24, 2.45) is 5.73 Å². The molecule has 2 aromatic rings. The molecule has 0 heterocycles. The van der Waals surface area contributed by atoms with E-state index in [1.165, 1.54) is 0 Å². The minimum Gasteiger partial charge on any atom is -0.457 e. The quantitative estimate of drug-likeness (QED) is 0.861. The lowest BCUT2D eigenvalue weighted by molar-refractivity contribution is 0.482. The van der Waals surface area contributed by atoms with Crippen LogP contribution in [0.15, 0.2) is 46.9 Å². The van der Waals surface area contributed by atoms with Crippen LogP contribution in [0, 0.1) is 6.92 Å². The van der Waals surface area contributed by atoms with Crippen LogP contribution in [0.3, 0.4) is 0 Å². The highest BCUT2D eigenvalue weighted by molar-refractivity contribution is 9.10. The van der Waals surface area contributed by atoms with Gasteiger partial charge in [0.15, 0.2) is 0 Å². The lowest BCUT2D eigenvalue weighted by Crippen LogP contribution is -2.10. The monoisotopic (exact) mass is 321 g/mol. The van der Waals surface area contributed by atoms with E-state index in [2.05, 4.69) is 15.9 Å². The topological polar surface area (TPSA) is 35.2 Å². The van der Waals surface area contributed by atoms with Gasteiger partial charge in [0, 0.05) is 10.0 Å². The predicted octanol–water partition coefficient (Wildman–Crippen LogP) is 4.18. The van der Waals surface area contributed by atoms with Crippen LogP contribution < -0.4 is 10.5 Å². The highest BCUT2D eigenvalue weighted by Gasteiger charge is 2.04. The maximum absolute atomic E-state index is 5.76. The standard InChI is InChI=1S/C14H12BrNOS/c1-9-7-12(5-6-13(9)14(16)18)17-11-4-2-3-10(15)8-11/h2-8H,1H3,(H2,16,18). The van der Waals surface area contributed by atoms with Crippen molar-refractivity contribution in [1.82, 2.24) is 0 Å². The third-order valence-electron chi connectivity index (χ3n) is 2.50. The predicted molar refractivity (Wildman–Crippen MR) is 81.3 cm³/mol. The first-order valence-corrected chi connectivity index (χ1v) is 6.60. The Hall–Kier alpha value is -1.39. The Labute approximate surface area is 120 Å². The number of ether oxygens (including phenoxy) is 1. The van der Waals surface area contributed by atoms with Gasteiger partial charge in [-0.1, -0.05) is 34.2 Å². The first-order valence-electron chi connectivity index (χ1n) is 5.40. The average Bonchev–Trinajstić information content (AvgIpc) is 2.28. The van der Waals surface area contributed by atoms with Gasteiger partial charge in [-0.15, -0.1) is 0 Å². The van der Waals surface area contributed by atoms with Crippen LogP contribution in [0.5, 0.6) is 11.5 Å². The summed E-state index contributed by atoms with van der Waals surface area (Å²) in [7, 11) is 0. The van der Waals surface area contributed by atoms with Crippen LogP contribution in [0.1, 0.15) is 11.1 Å². The zero-order chi connectivity index (χ0) is 13.1. The van der Waals surface area contributed by atoms with E-state index < -0.39 is 0 Å². The largest absolute Gasteiger partial charge is 0.457 e. The van der Waals surface area contributed by atoms with Crippen LogP contribution in [0.2, 0.25) is 0 Å². The van der Waals surface area contributed by atoms with Crippen molar-refractivity contribution >= 4 is 33.1 Å². The number of halogens is 1. The summed E-state index contributed by atoms with van der Waals surface area (Å²) in [5.41, 5.74) is 7.51. The van der Waals surface area contributed by atoms with E-state index in [0.29, 0.717) is 4.99 Å². The molecule has 0 unspecified atom stereocenters. The minimum absolute atomic E-state index is 0.404. The van der Waals surface area contributed by atoms with Gasteiger partial charge in [-0.3, -0.25) is 0 Å². The number of rotatable bonds is 3. The van der Waals surface area contributed by atoms with E-state index in [4.69, 9.17) is 22.7 Å². The number of hydrogen-bond donors (Lipinski definition) is 1. The third-order valence-corrected chi connectivity index (χ3v) is 3.21. The summed E-state index contributed by atoms with van der Waals surface area (Å²) < 4.78 is 6.74. The van der Waals surface area contributed by atoms with Gasteiger partial charge in [-0.05, 0) is 48.9 Å². The van der Waals surface area contributed by atoms with Gasteiger partial charge in [0.25, 0.3) is 0 Å². The molecule has 0 spiro atoms. The summed E-state index contributed by atoms with van der Waals surface area (Å²) in [5.74, 6) is 1.55. The Bertz CT molecular complexity index is 598. The molecular formula is C14H12BrNOS. The molecule has 2 rings (SSSR count). The normalized spacial score (nSPS) is 10.1. The van der Waals surface area contributed by atoms with Gasteiger partial charge in [-0.25, -0.2) is 0 Å². The highest BCUT2D eigenvalue weighted by atomic mass is 79.9. The maximum atomic E-state index is 5.76. The van der Waals surface area contributed by atoms with Gasteiger partial charge in [0.05, 0.1) is 0 Å². The molecule has 4 heteroatoms. The zero-order valence-corrected chi connectivity index (χ0v) is 12.2. The Kier molecular flexibility index (Phi) is 3.99. The first-order chi connectivity index (χ1) is 8.56. The molecule has 0 radical (unpaired) electrons. The number of thiocarbonyl (C=S) groups is 1. The third kappa shape index (κ3) is 3.09. The van der Waals surface area contributed by atoms with Gasteiger partial charge in [0.1, 0.15) is 16.5 Å². The average molecular weight is 322 g/mol. The molecule has 18 heavy (non-hydrogen) atoms. The smallest absolute Gasteiger partial charge is 0.128 e. The van der Waals surface area contributed by atoms with E-state index in [1.807, 2.05) is 49.4 Å². The molecule has 2 N–H and O–H groups in total. The zero-order valence-electron chi connectivity index (χ0n) is 9.81. The Morgan fingerprint density at radius 3 is 2.50 bits per heavy atom. The van der Waals surface area contributed by atoms with Crippen molar-refractivity contribution in [2.45, 2.75) is 6.92 Å². The van der Waals surface area contributed by atoms with Crippen molar-refractivity contribution in [1.29, 1.82) is 0 Å². The second-order valence-electron chi connectivity index (χ2n) is 3.90. The second kappa shape index (κ2) is 5.50. The number of aryl methyl sites for hydroxylation is 1. The summed E-state index contributed by atoms with van der Waals surface area (Å²) >= 11 is 8.38. The van der Waals surface area contributed by atoms with Crippen LogP contribution in [-0.4, -0.2) is 4.99 Å². The summed E-state index contributed by atoms with van der Waals surface area (Å²) in [6.07, 6.45) is 0. The Balaban J connectivity index is 2.25. The molecule has 0 saturated carbocycles. The van der Waals surface area contributed by atoms with E-state index in [1.54, 1.807) is 0 Å². The lowest BCUT2D eigenvalue weighted by Gasteiger charge is -2.09. The van der Waals surface area contributed by atoms with Gasteiger partial charge < -0.3 is 10.5 Å². The molecule has 0 amide bonds. The molecule has 0 bridgehead atoms. The maximum Gasteiger partial charge on any atom is 0.128 e. The van der Waals surface area contributed by atoms with E-state index >= 15 is 0 Å². The Morgan fingerprint density at radius 2 is 1.89 bits per heavy atom. The van der Waals surface area contributed by atoms with Crippen molar-refractivity contribution in [3.8, 4) is 11.5 Å². The van der Waals surface area contributed by atoms with Gasteiger partial charge >= 0.3 is 0 Å². The lowest BCUT2D eigenvalue weighted by atomic mass is 10.1. The van der Waals surface area contributed by atoms with Crippen molar-refractivity contribution in [3.63, 3.8) is 0 Å². The van der Waals surface area contributed by atoms with Crippen LogP contribution in [0.4, 0.5) is 0 Å². The summed E-state index contributed by atoms with van der Waals surface area (Å²) in [6.45, 7) is 1.96. The van der Waals surface area contributed by atoms with E-state index in [9.17, 15) is 0 Å². The number of nitrogens with two attached hydrogens (primary N) is 1. The fourth-order valence-electron chi connectivity index (χ4n) is 1.64. The minimum atomic E-state index is 0.404. The molecule has 0 atom stereocenters. The SMILES string of the molecule is Cc1cc(Oc2cccc(Br)c2)ccc1C(N)=S. The van der Waals surface area contributed by atoms with Gasteiger partial charge in [-0.2, -0.15) is 0 Å². The number of benzene rings is 2. The summed E-state index contributed by atoms with van der Waals surface area (Å²) in [5, 5.41) is 0. The number of hydrogen-bond acceptors (Lipinski definition) is 2. The fourth-order valence-corrected chi connectivity index (χ4v) is 2.25. The molecule has 0 aromatic heterocycles. The molecule has 0 saturated heterocycles. The molecular weight excluding hydrogens is 310 g/mol. The fraction of sp³-hybridized carbons (Fsp3) is 0.0714. The second-order valence-corrected chi connectivity index (χ2v) is 5.26. The molecule has 2 aromatic carbocycles. The van der Waals surface area contributed by atoms with Crippen LogP contribution in [-0.2, 0) is 0 Å². The van der Waals surface area contributed by atoms with Gasteiger partial charge in [0.2, 0.25) is 0 Å².